The Morgan fingerprint density at radius 1 is 1.38 bits per heavy atom. The topological polar surface area (TPSA) is 79.5 Å². The molecule has 3 rings (SSSR count). The molecule has 2 aromatic rings. The molecular weight excluding hydrogens is 270 g/mol. The summed E-state index contributed by atoms with van der Waals surface area (Å²) in [5, 5.41) is 17.4. The minimum Gasteiger partial charge on any atom is -0.481 e. The summed E-state index contributed by atoms with van der Waals surface area (Å²) >= 11 is 0. The van der Waals surface area contributed by atoms with Gasteiger partial charge in [0.2, 0.25) is 0 Å². The molecule has 1 aliphatic heterocycles. The smallest absolute Gasteiger partial charge is 0.315 e. The van der Waals surface area contributed by atoms with E-state index in [0.717, 1.165) is 17.0 Å². The van der Waals surface area contributed by atoms with Crippen LogP contribution >= 0.6 is 0 Å². The van der Waals surface area contributed by atoms with E-state index in [1.54, 1.807) is 0 Å². The fraction of sp³-hybridized carbons (Fsp3) is 0.400. The Labute approximate surface area is 122 Å². The number of carboxylic acids is 1. The Kier molecular flexibility index (Phi) is 3.47. The van der Waals surface area contributed by atoms with Crippen LogP contribution in [0.2, 0.25) is 0 Å². The summed E-state index contributed by atoms with van der Waals surface area (Å²) in [6.45, 7) is 3.59. The average molecular weight is 287 g/mol. The summed E-state index contributed by atoms with van der Waals surface area (Å²) in [6.07, 6.45) is 0.594. The third-order valence-electron chi connectivity index (χ3n) is 4.20. The van der Waals surface area contributed by atoms with Gasteiger partial charge < -0.3 is 5.11 Å². The first-order valence-corrected chi connectivity index (χ1v) is 6.91. The highest BCUT2D eigenvalue weighted by molar-refractivity contribution is 5.82. The summed E-state index contributed by atoms with van der Waals surface area (Å²) in [4.78, 5) is 14.0. The second kappa shape index (κ2) is 5.29. The number of hydrogen-bond donors (Lipinski definition) is 1. The molecule has 6 heteroatoms. The Hall–Kier alpha value is -2.21. The number of aromatic nitrogens is 2. The molecule has 1 aromatic carbocycles. The fourth-order valence-electron chi connectivity index (χ4n) is 2.92. The molecule has 0 saturated carbocycles. The zero-order chi connectivity index (χ0) is 14.9. The molecule has 6 nitrogen and oxygen atoms in total. The van der Waals surface area contributed by atoms with Gasteiger partial charge in [0.25, 0.3) is 0 Å². The summed E-state index contributed by atoms with van der Waals surface area (Å²) in [5.41, 5.74) is 1.54. The van der Waals surface area contributed by atoms with Crippen LogP contribution in [0.3, 0.4) is 0 Å². The molecule has 1 fully saturated rings. The van der Waals surface area contributed by atoms with E-state index in [-0.39, 0.29) is 0 Å². The number of likely N-dealkylation sites (tertiary alicyclic amines) is 1. The molecule has 0 radical (unpaired) electrons. The molecule has 0 aliphatic carbocycles. The van der Waals surface area contributed by atoms with E-state index in [0.29, 0.717) is 26.1 Å². The molecule has 0 amide bonds. The van der Waals surface area contributed by atoms with E-state index < -0.39 is 11.4 Å². The number of carbonyl (C=O) groups is 1. The van der Waals surface area contributed by atoms with Crippen molar-refractivity contribution in [3.05, 3.63) is 47.3 Å². The molecule has 1 unspecified atom stereocenters. The molecule has 1 atom stereocenters. The van der Waals surface area contributed by atoms with Gasteiger partial charge in [0.15, 0.2) is 0 Å². The van der Waals surface area contributed by atoms with Crippen molar-refractivity contribution < 1.29 is 14.5 Å². The van der Waals surface area contributed by atoms with E-state index in [1.807, 2.05) is 37.3 Å². The van der Waals surface area contributed by atoms with Gasteiger partial charge in [0.1, 0.15) is 16.8 Å². The average Bonchev–Trinajstić information content (AvgIpc) is 3.09. The van der Waals surface area contributed by atoms with Crippen molar-refractivity contribution in [2.24, 2.45) is 0 Å². The fourth-order valence-corrected chi connectivity index (χ4v) is 2.92. The largest absolute Gasteiger partial charge is 0.481 e. The Morgan fingerprint density at radius 3 is 2.76 bits per heavy atom. The Balaban J connectivity index is 1.82. The molecular formula is C15H17N3O3. The lowest BCUT2D eigenvalue weighted by atomic mass is 9.80. The van der Waals surface area contributed by atoms with Crippen molar-refractivity contribution in [2.75, 3.05) is 13.1 Å². The van der Waals surface area contributed by atoms with Gasteiger partial charge in [0.05, 0.1) is 0 Å². The third-order valence-corrected chi connectivity index (χ3v) is 4.20. The van der Waals surface area contributed by atoms with Gasteiger partial charge in [-0.05, 0) is 18.9 Å². The zero-order valence-corrected chi connectivity index (χ0v) is 11.8. The van der Waals surface area contributed by atoms with Gasteiger partial charge in [-0.3, -0.25) is 9.69 Å². The normalized spacial score (nSPS) is 22.5. The summed E-state index contributed by atoms with van der Waals surface area (Å²) in [6, 6.07) is 9.44. The summed E-state index contributed by atoms with van der Waals surface area (Å²) in [5.74, 6) is -0.772. The van der Waals surface area contributed by atoms with Crippen molar-refractivity contribution in [1.29, 1.82) is 0 Å². The van der Waals surface area contributed by atoms with Crippen LogP contribution in [0, 0.1) is 6.92 Å². The number of nitrogens with zero attached hydrogens (tertiary/aromatic N) is 3. The minimum atomic E-state index is -0.841. The Morgan fingerprint density at radius 2 is 2.14 bits per heavy atom. The van der Waals surface area contributed by atoms with E-state index in [1.165, 1.54) is 0 Å². The third kappa shape index (κ3) is 2.42. The van der Waals surface area contributed by atoms with E-state index >= 15 is 0 Å². The summed E-state index contributed by atoms with van der Waals surface area (Å²) in [7, 11) is 0. The van der Waals surface area contributed by atoms with E-state index in [4.69, 9.17) is 4.63 Å². The number of hydrogen-bond acceptors (Lipinski definition) is 5. The van der Waals surface area contributed by atoms with Gasteiger partial charge >= 0.3 is 5.97 Å². The molecule has 1 aliphatic rings. The van der Waals surface area contributed by atoms with Crippen LogP contribution in [-0.4, -0.2) is 39.4 Å². The molecule has 110 valence electrons. The Bertz CT molecular complexity index is 641. The first-order chi connectivity index (χ1) is 10.1. The van der Waals surface area contributed by atoms with Crippen LogP contribution in [0.5, 0.6) is 0 Å². The van der Waals surface area contributed by atoms with Crippen molar-refractivity contribution in [3.8, 4) is 0 Å². The van der Waals surface area contributed by atoms with Gasteiger partial charge in [-0.25, -0.2) is 4.63 Å². The molecule has 2 heterocycles. The van der Waals surface area contributed by atoms with E-state index in [9.17, 15) is 9.90 Å². The maximum atomic E-state index is 11.9. The minimum absolute atomic E-state index is 0.471. The first-order valence-electron chi connectivity index (χ1n) is 6.91. The second-order valence-corrected chi connectivity index (χ2v) is 5.51. The monoisotopic (exact) mass is 287 g/mol. The molecule has 1 aromatic heterocycles. The van der Waals surface area contributed by atoms with E-state index in [2.05, 4.69) is 15.2 Å². The lowest BCUT2D eigenvalue weighted by Crippen LogP contribution is -2.38. The van der Waals surface area contributed by atoms with Crippen molar-refractivity contribution in [2.45, 2.75) is 25.3 Å². The van der Waals surface area contributed by atoms with Crippen LogP contribution < -0.4 is 0 Å². The zero-order valence-electron chi connectivity index (χ0n) is 11.8. The van der Waals surface area contributed by atoms with Gasteiger partial charge in [-0.1, -0.05) is 40.6 Å². The highest BCUT2D eigenvalue weighted by atomic mass is 16.6. The van der Waals surface area contributed by atoms with Crippen molar-refractivity contribution in [3.63, 3.8) is 0 Å². The first kappa shape index (κ1) is 13.8. The predicted octanol–water partition coefficient (Wildman–Crippen LogP) is 1.61. The van der Waals surface area contributed by atoms with Crippen LogP contribution in [0.25, 0.3) is 0 Å². The standard InChI is InChI=1S/C15H17N3O3/c1-11-13(17-21-16-11)9-18-8-7-15(10-18,14(19)20)12-5-3-2-4-6-12/h2-6H,7-10H2,1H3,(H,19,20). The van der Waals surface area contributed by atoms with Crippen LogP contribution in [-0.2, 0) is 16.8 Å². The SMILES string of the molecule is Cc1nonc1CN1CCC(C(=O)O)(c2ccccc2)C1. The maximum Gasteiger partial charge on any atom is 0.315 e. The highest BCUT2D eigenvalue weighted by Crippen LogP contribution is 2.35. The highest BCUT2D eigenvalue weighted by Gasteiger charge is 2.46. The van der Waals surface area contributed by atoms with Crippen LogP contribution in [0.4, 0.5) is 0 Å². The molecule has 21 heavy (non-hydrogen) atoms. The van der Waals surface area contributed by atoms with Crippen LogP contribution in [0.1, 0.15) is 23.4 Å². The van der Waals surface area contributed by atoms with Crippen molar-refractivity contribution >= 4 is 5.97 Å². The molecule has 0 bridgehead atoms. The lowest BCUT2D eigenvalue weighted by molar-refractivity contribution is -0.143. The molecule has 1 saturated heterocycles. The number of benzene rings is 1. The summed E-state index contributed by atoms with van der Waals surface area (Å²) < 4.78 is 4.70. The number of rotatable bonds is 4. The maximum absolute atomic E-state index is 11.9. The predicted molar refractivity (Wildman–Crippen MR) is 74.7 cm³/mol. The van der Waals surface area contributed by atoms with Crippen molar-refractivity contribution in [1.82, 2.24) is 15.2 Å². The number of aliphatic carboxylic acids is 1. The quantitative estimate of drug-likeness (QED) is 0.920. The second-order valence-electron chi connectivity index (χ2n) is 5.51. The van der Waals surface area contributed by atoms with Gasteiger partial charge in [0, 0.05) is 19.6 Å². The number of aryl methyl sites for hydroxylation is 1. The number of carboxylic acid groups (broad SMARTS) is 1. The lowest BCUT2D eigenvalue weighted by Gasteiger charge is -2.25. The van der Waals surface area contributed by atoms with Crippen LogP contribution in [0.15, 0.2) is 35.0 Å². The van der Waals surface area contributed by atoms with Gasteiger partial charge in [-0.15, -0.1) is 0 Å². The molecule has 0 spiro atoms. The van der Waals surface area contributed by atoms with Gasteiger partial charge in [-0.2, -0.15) is 0 Å². The molecule has 1 N–H and O–H groups in total.